The van der Waals surface area contributed by atoms with Gasteiger partial charge in [0.1, 0.15) is 11.1 Å². The maximum Gasteiger partial charge on any atom is 0.228 e. The first kappa shape index (κ1) is 16.3. The molecule has 0 saturated heterocycles. The van der Waals surface area contributed by atoms with Gasteiger partial charge in [0.05, 0.1) is 5.56 Å². The zero-order valence-corrected chi connectivity index (χ0v) is 14.7. The second-order valence-corrected chi connectivity index (χ2v) is 8.06. The molecule has 0 spiro atoms. The Morgan fingerprint density at radius 1 is 1.36 bits per heavy atom. The Labute approximate surface area is 151 Å². The van der Waals surface area contributed by atoms with Gasteiger partial charge in [0.2, 0.25) is 5.91 Å². The van der Waals surface area contributed by atoms with Crippen LogP contribution in [0, 0.1) is 23.2 Å². The molecular formula is C20H20N2O2S. The first-order valence-electron chi connectivity index (χ1n) is 8.72. The number of benzene rings is 1. The SMILES string of the molecule is N#Cc1c(NC(=O)C2CC2c2ccccc2)sc2c1CCC(CO)C2. The zero-order chi connectivity index (χ0) is 17.4. The molecule has 1 amide bonds. The Kier molecular flexibility index (Phi) is 4.32. The average Bonchev–Trinajstić information content (AvgIpc) is 3.38. The summed E-state index contributed by atoms with van der Waals surface area (Å²) < 4.78 is 0. The van der Waals surface area contributed by atoms with Gasteiger partial charge in [0.15, 0.2) is 0 Å². The van der Waals surface area contributed by atoms with E-state index in [9.17, 15) is 15.2 Å². The van der Waals surface area contributed by atoms with E-state index in [2.05, 4.69) is 23.5 Å². The number of nitriles is 1. The summed E-state index contributed by atoms with van der Waals surface area (Å²) in [5.41, 5.74) is 2.91. The fourth-order valence-corrected chi connectivity index (χ4v) is 5.09. The van der Waals surface area contributed by atoms with Crippen molar-refractivity contribution < 1.29 is 9.90 Å². The van der Waals surface area contributed by atoms with E-state index in [0.29, 0.717) is 16.5 Å². The fourth-order valence-electron chi connectivity index (χ4n) is 3.77. The van der Waals surface area contributed by atoms with E-state index < -0.39 is 0 Å². The third-order valence-electron chi connectivity index (χ3n) is 5.33. The maximum absolute atomic E-state index is 12.6. The van der Waals surface area contributed by atoms with Crippen LogP contribution < -0.4 is 5.32 Å². The molecule has 4 rings (SSSR count). The standard InChI is InChI=1S/C20H20N2O2S/c21-10-17-14-7-6-12(11-23)8-18(14)25-20(17)22-19(24)16-9-15(16)13-4-2-1-3-5-13/h1-5,12,15-16,23H,6-9,11H2,(H,22,24). The summed E-state index contributed by atoms with van der Waals surface area (Å²) in [7, 11) is 0. The average molecular weight is 352 g/mol. The topological polar surface area (TPSA) is 73.1 Å². The first-order valence-corrected chi connectivity index (χ1v) is 9.54. The van der Waals surface area contributed by atoms with Gasteiger partial charge in [-0.05, 0) is 48.6 Å². The monoisotopic (exact) mass is 352 g/mol. The minimum Gasteiger partial charge on any atom is -0.396 e. The number of nitrogens with zero attached hydrogens (tertiary/aromatic N) is 1. The van der Waals surface area contributed by atoms with E-state index in [4.69, 9.17) is 0 Å². The molecule has 0 aliphatic heterocycles. The molecule has 1 fully saturated rings. The molecule has 3 atom stereocenters. The van der Waals surface area contributed by atoms with Crippen LogP contribution in [0.4, 0.5) is 5.00 Å². The van der Waals surface area contributed by atoms with Gasteiger partial charge in [-0.25, -0.2) is 0 Å². The Bertz CT molecular complexity index is 837. The lowest BCUT2D eigenvalue weighted by Gasteiger charge is -2.19. The van der Waals surface area contributed by atoms with Gasteiger partial charge in [-0.2, -0.15) is 5.26 Å². The molecule has 2 N–H and O–H groups in total. The molecule has 1 aromatic carbocycles. The van der Waals surface area contributed by atoms with Crippen molar-refractivity contribution >= 4 is 22.2 Å². The van der Waals surface area contributed by atoms with E-state index in [0.717, 1.165) is 36.1 Å². The van der Waals surface area contributed by atoms with Crippen molar-refractivity contribution in [2.24, 2.45) is 11.8 Å². The summed E-state index contributed by atoms with van der Waals surface area (Å²) >= 11 is 1.51. The number of aliphatic hydroxyl groups is 1. The van der Waals surface area contributed by atoms with Crippen molar-refractivity contribution in [1.82, 2.24) is 0 Å². The van der Waals surface area contributed by atoms with E-state index in [-0.39, 0.29) is 24.3 Å². The predicted octanol–water partition coefficient (Wildman–Crippen LogP) is 3.46. The molecule has 2 aliphatic carbocycles. The molecular weight excluding hydrogens is 332 g/mol. The van der Waals surface area contributed by atoms with E-state index in [1.807, 2.05) is 18.2 Å². The molecule has 1 aromatic heterocycles. The quantitative estimate of drug-likeness (QED) is 0.885. The van der Waals surface area contributed by atoms with Crippen molar-refractivity contribution in [3.8, 4) is 6.07 Å². The van der Waals surface area contributed by atoms with Crippen LogP contribution in [0.15, 0.2) is 30.3 Å². The molecule has 0 radical (unpaired) electrons. The third-order valence-corrected chi connectivity index (χ3v) is 6.50. The highest BCUT2D eigenvalue weighted by Crippen LogP contribution is 2.48. The third kappa shape index (κ3) is 3.08. The number of fused-ring (bicyclic) bond motifs is 1. The van der Waals surface area contributed by atoms with Gasteiger partial charge in [-0.1, -0.05) is 30.3 Å². The van der Waals surface area contributed by atoms with Crippen LogP contribution in [0.1, 0.15) is 40.3 Å². The van der Waals surface area contributed by atoms with Gasteiger partial charge in [0.25, 0.3) is 0 Å². The maximum atomic E-state index is 12.6. The van der Waals surface area contributed by atoms with Crippen LogP contribution in [-0.4, -0.2) is 17.6 Å². The Balaban J connectivity index is 1.49. The predicted molar refractivity (Wildman–Crippen MR) is 97.6 cm³/mol. The summed E-state index contributed by atoms with van der Waals surface area (Å²) in [6.07, 6.45) is 3.39. The lowest BCUT2D eigenvalue weighted by molar-refractivity contribution is -0.117. The molecule has 1 saturated carbocycles. The molecule has 25 heavy (non-hydrogen) atoms. The Morgan fingerprint density at radius 3 is 2.88 bits per heavy atom. The van der Waals surface area contributed by atoms with Crippen molar-refractivity contribution in [3.63, 3.8) is 0 Å². The zero-order valence-electron chi connectivity index (χ0n) is 13.9. The first-order chi connectivity index (χ1) is 12.2. The molecule has 128 valence electrons. The smallest absolute Gasteiger partial charge is 0.228 e. The van der Waals surface area contributed by atoms with Gasteiger partial charge < -0.3 is 10.4 Å². The second kappa shape index (κ2) is 6.62. The summed E-state index contributed by atoms with van der Waals surface area (Å²) in [5.74, 6) is 0.577. The van der Waals surface area contributed by atoms with Crippen LogP contribution in [0.25, 0.3) is 0 Å². The lowest BCUT2D eigenvalue weighted by atomic mass is 9.88. The number of nitrogens with one attached hydrogen (secondary N) is 1. The lowest BCUT2D eigenvalue weighted by Crippen LogP contribution is -2.16. The summed E-state index contributed by atoms with van der Waals surface area (Å²) in [5, 5.41) is 22.6. The van der Waals surface area contributed by atoms with Gasteiger partial charge in [0, 0.05) is 17.4 Å². The second-order valence-electron chi connectivity index (χ2n) is 6.96. The molecule has 0 bridgehead atoms. The van der Waals surface area contributed by atoms with Crippen molar-refractivity contribution in [3.05, 3.63) is 51.9 Å². The number of hydrogen-bond acceptors (Lipinski definition) is 4. The molecule has 2 aromatic rings. The molecule has 2 aliphatic rings. The van der Waals surface area contributed by atoms with Crippen molar-refractivity contribution in [2.75, 3.05) is 11.9 Å². The highest BCUT2D eigenvalue weighted by molar-refractivity contribution is 7.16. The number of amides is 1. The minimum atomic E-state index is -0.00161. The number of rotatable bonds is 4. The Morgan fingerprint density at radius 2 is 2.16 bits per heavy atom. The largest absolute Gasteiger partial charge is 0.396 e. The number of hydrogen-bond donors (Lipinski definition) is 2. The minimum absolute atomic E-state index is 0.00161. The van der Waals surface area contributed by atoms with Crippen LogP contribution in [-0.2, 0) is 17.6 Å². The van der Waals surface area contributed by atoms with Crippen molar-refractivity contribution in [1.29, 1.82) is 5.26 Å². The van der Waals surface area contributed by atoms with E-state index in [1.54, 1.807) is 0 Å². The number of carbonyl (C=O) groups is 1. The van der Waals surface area contributed by atoms with Gasteiger partial charge in [-0.3, -0.25) is 4.79 Å². The molecule has 4 nitrogen and oxygen atoms in total. The summed E-state index contributed by atoms with van der Waals surface area (Å²) in [4.78, 5) is 13.8. The molecule has 1 heterocycles. The summed E-state index contributed by atoms with van der Waals surface area (Å²) in [6, 6.07) is 12.4. The van der Waals surface area contributed by atoms with Crippen LogP contribution in [0.3, 0.4) is 0 Å². The van der Waals surface area contributed by atoms with Crippen LogP contribution >= 0.6 is 11.3 Å². The van der Waals surface area contributed by atoms with E-state index >= 15 is 0 Å². The molecule has 3 unspecified atom stereocenters. The van der Waals surface area contributed by atoms with Gasteiger partial charge in [-0.15, -0.1) is 11.3 Å². The highest BCUT2D eigenvalue weighted by atomic mass is 32.1. The summed E-state index contributed by atoms with van der Waals surface area (Å²) in [6.45, 7) is 0.182. The number of thiophene rings is 1. The van der Waals surface area contributed by atoms with Crippen LogP contribution in [0.2, 0.25) is 0 Å². The normalized spacial score (nSPS) is 24.2. The number of carbonyl (C=O) groups excluding carboxylic acids is 1. The molecule has 5 heteroatoms. The van der Waals surface area contributed by atoms with E-state index in [1.165, 1.54) is 16.9 Å². The Hall–Kier alpha value is -2.16. The number of anilines is 1. The fraction of sp³-hybridized carbons (Fsp3) is 0.400. The van der Waals surface area contributed by atoms with Crippen molar-refractivity contribution in [2.45, 2.75) is 31.6 Å². The van der Waals surface area contributed by atoms with Crippen LogP contribution in [0.5, 0.6) is 0 Å². The van der Waals surface area contributed by atoms with Gasteiger partial charge >= 0.3 is 0 Å². The number of aliphatic hydroxyl groups excluding tert-OH is 1. The highest BCUT2D eigenvalue weighted by Gasteiger charge is 2.44.